The first-order chi connectivity index (χ1) is 8.60. The predicted octanol–water partition coefficient (Wildman–Crippen LogP) is 1.11. The molecule has 18 heavy (non-hydrogen) atoms. The van der Waals surface area contributed by atoms with Crippen molar-refractivity contribution in [3.05, 3.63) is 23.8 Å². The summed E-state index contributed by atoms with van der Waals surface area (Å²) in [5.41, 5.74) is 6.13. The lowest BCUT2D eigenvalue weighted by atomic mass is 10.1. The van der Waals surface area contributed by atoms with Gasteiger partial charge >= 0.3 is 5.97 Å². The number of hydrogen-bond acceptors (Lipinski definition) is 5. The molecule has 0 fully saturated rings. The molecule has 0 aromatic heterocycles. The first-order valence-electron chi connectivity index (χ1n) is 4.99. The highest BCUT2D eigenvalue weighted by Gasteiger charge is 2.17. The van der Waals surface area contributed by atoms with Crippen molar-refractivity contribution in [1.29, 1.82) is 0 Å². The average molecular weight is 270 g/mol. The van der Waals surface area contributed by atoms with Gasteiger partial charge in [0.1, 0.15) is 5.56 Å². The number of benzene rings is 1. The molecule has 0 aliphatic heterocycles. The number of nitrogens with two attached hydrogens (primary N) is 1. The molecule has 0 radical (unpaired) electrons. The quantitative estimate of drug-likeness (QED) is 0.471. The number of esters is 1. The molecule has 0 amide bonds. The number of methoxy groups -OCH3 is 2. The van der Waals surface area contributed by atoms with E-state index in [1.165, 1.54) is 14.2 Å². The Morgan fingerprint density at radius 3 is 2.72 bits per heavy atom. The summed E-state index contributed by atoms with van der Waals surface area (Å²) in [6.07, 6.45) is 0. The Morgan fingerprint density at radius 1 is 1.44 bits per heavy atom. The van der Waals surface area contributed by atoms with Crippen molar-refractivity contribution in [3.63, 3.8) is 0 Å². The van der Waals surface area contributed by atoms with Crippen LogP contribution in [0.25, 0.3) is 0 Å². The zero-order chi connectivity index (χ0) is 13.5. The second-order valence-electron chi connectivity index (χ2n) is 3.21. The monoisotopic (exact) mass is 270 g/mol. The van der Waals surface area contributed by atoms with E-state index < -0.39 is 5.97 Å². The number of nitrogens with one attached hydrogen (secondary N) is 1. The smallest absolute Gasteiger partial charge is 0.341 e. The largest absolute Gasteiger partial charge is 0.465 e. The zero-order valence-electron chi connectivity index (χ0n) is 10.1. The van der Waals surface area contributed by atoms with Crippen molar-refractivity contribution in [2.24, 2.45) is 5.73 Å². The Balaban J connectivity index is 3.16. The van der Waals surface area contributed by atoms with Crippen molar-refractivity contribution in [3.8, 4) is 5.75 Å². The molecule has 0 spiro atoms. The van der Waals surface area contributed by atoms with E-state index in [1.54, 1.807) is 18.2 Å². The standard InChI is InChI=1S/C11H14N2O4S/c1-15-6-17-9-7(10(14)16-2)4-3-5-8(9)13-11(12)18/h3-5H,6H2,1-2H3,(H3,12,13,18). The maximum atomic E-state index is 11.6. The summed E-state index contributed by atoms with van der Waals surface area (Å²) in [6.45, 7) is -0.0139. The van der Waals surface area contributed by atoms with Gasteiger partial charge in [0.05, 0.1) is 12.8 Å². The molecule has 0 heterocycles. The van der Waals surface area contributed by atoms with Crippen molar-refractivity contribution in [2.45, 2.75) is 0 Å². The highest BCUT2D eigenvalue weighted by atomic mass is 32.1. The average Bonchev–Trinajstić information content (AvgIpc) is 2.35. The number of rotatable bonds is 5. The molecule has 98 valence electrons. The maximum absolute atomic E-state index is 11.6. The normalized spacial score (nSPS) is 9.67. The number of para-hydroxylation sites is 1. The van der Waals surface area contributed by atoms with Crippen LogP contribution in [0.3, 0.4) is 0 Å². The van der Waals surface area contributed by atoms with Crippen LogP contribution in [-0.2, 0) is 9.47 Å². The maximum Gasteiger partial charge on any atom is 0.341 e. The van der Waals surface area contributed by atoms with Crippen LogP contribution in [-0.4, -0.2) is 32.1 Å². The Labute approximate surface area is 110 Å². The molecule has 1 rings (SSSR count). The van der Waals surface area contributed by atoms with Crippen LogP contribution in [0.1, 0.15) is 10.4 Å². The Bertz CT molecular complexity index is 451. The number of hydrogen-bond donors (Lipinski definition) is 2. The number of anilines is 1. The van der Waals surface area contributed by atoms with Gasteiger partial charge in [0.2, 0.25) is 0 Å². The molecule has 6 nitrogen and oxygen atoms in total. The van der Waals surface area contributed by atoms with Gasteiger partial charge in [0, 0.05) is 7.11 Å². The molecule has 0 atom stereocenters. The van der Waals surface area contributed by atoms with E-state index in [9.17, 15) is 4.79 Å². The molecule has 1 aromatic carbocycles. The number of carbonyl (C=O) groups excluding carboxylic acids is 1. The van der Waals surface area contributed by atoms with Crippen LogP contribution in [0.2, 0.25) is 0 Å². The highest BCUT2D eigenvalue weighted by Crippen LogP contribution is 2.29. The van der Waals surface area contributed by atoms with Crippen LogP contribution in [0, 0.1) is 0 Å². The van der Waals surface area contributed by atoms with E-state index in [-0.39, 0.29) is 23.2 Å². The highest BCUT2D eigenvalue weighted by molar-refractivity contribution is 7.80. The summed E-state index contributed by atoms with van der Waals surface area (Å²) in [4.78, 5) is 11.6. The minimum absolute atomic E-state index is 0.0139. The summed E-state index contributed by atoms with van der Waals surface area (Å²) >= 11 is 4.75. The fraction of sp³-hybridized carbons (Fsp3) is 0.273. The van der Waals surface area contributed by atoms with Gasteiger partial charge < -0.3 is 25.3 Å². The van der Waals surface area contributed by atoms with Crippen LogP contribution in [0.4, 0.5) is 5.69 Å². The number of carbonyl (C=O) groups is 1. The van der Waals surface area contributed by atoms with Crippen molar-refractivity contribution in [1.82, 2.24) is 0 Å². The van der Waals surface area contributed by atoms with E-state index >= 15 is 0 Å². The van der Waals surface area contributed by atoms with Crippen LogP contribution >= 0.6 is 12.2 Å². The lowest BCUT2D eigenvalue weighted by Gasteiger charge is -2.14. The van der Waals surface area contributed by atoms with Crippen LogP contribution in [0.5, 0.6) is 5.75 Å². The van der Waals surface area contributed by atoms with Crippen molar-refractivity contribution < 1.29 is 19.0 Å². The summed E-state index contributed by atoms with van der Waals surface area (Å²) in [5, 5.41) is 2.79. The molecule has 0 aliphatic carbocycles. The van der Waals surface area contributed by atoms with Gasteiger partial charge in [-0.3, -0.25) is 0 Å². The molecule has 3 N–H and O–H groups in total. The number of ether oxygens (including phenoxy) is 3. The van der Waals surface area contributed by atoms with E-state index in [0.717, 1.165) is 0 Å². The third-order valence-electron chi connectivity index (χ3n) is 2.00. The molecule has 7 heteroatoms. The fourth-order valence-corrected chi connectivity index (χ4v) is 1.42. The third kappa shape index (κ3) is 3.57. The van der Waals surface area contributed by atoms with Crippen LogP contribution in [0.15, 0.2) is 18.2 Å². The number of thiocarbonyl (C=S) groups is 1. The third-order valence-corrected chi connectivity index (χ3v) is 2.10. The van der Waals surface area contributed by atoms with Crippen molar-refractivity contribution >= 4 is 29.0 Å². The second kappa shape index (κ2) is 6.77. The fourth-order valence-electron chi connectivity index (χ4n) is 1.31. The van der Waals surface area contributed by atoms with Gasteiger partial charge in [0.25, 0.3) is 0 Å². The van der Waals surface area contributed by atoms with Gasteiger partial charge in [-0.1, -0.05) is 6.07 Å². The molecule has 0 saturated heterocycles. The van der Waals surface area contributed by atoms with Gasteiger partial charge in [-0.2, -0.15) is 0 Å². The van der Waals surface area contributed by atoms with Gasteiger partial charge in [0.15, 0.2) is 17.7 Å². The molecule has 0 saturated carbocycles. The minimum Gasteiger partial charge on any atom is -0.465 e. The zero-order valence-corrected chi connectivity index (χ0v) is 10.9. The lowest BCUT2D eigenvalue weighted by molar-refractivity contribution is 0.0469. The first-order valence-corrected chi connectivity index (χ1v) is 5.40. The Hall–Kier alpha value is -1.86. The van der Waals surface area contributed by atoms with Crippen molar-refractivity contribution in [2.75, 3.05) is 26.3 Å². The van der Waals surface area contributed by atoms with E-state index in [2.05, 4.69) is 10.1 Å². The topological polar surface area (TPSA) is 82.8 Å². The molecular formula is C11H14N2O4S. The minimum atomic E-state index is -0.521. The molecule has 0 aliphatic rings. The molecule has 1 aromatic rings. The second-order valence-corrected chi connectivity index (χ2v) is 3.65. The Morgan fingerprint density at radius 2 is 2.17 bits per heavy atom. The van der Waals surface area contributed by atoms with Gasteiger partial charge in [-0.15, -0.1) is 0 Å². The molecule has 0 unspecified atom stereocenters. The summed E-state index contributed by atoms with van der Waals surface area (Å²) in [6, 6.07) is 4.91. The van der Waals surface area contributed by atoms with E-state index in [4.69, 9.17) is 27.4 Å². The SMILES string of the molecule is COCOc1c(NC(N)=S)cccc1C(=O)OC. The van der Waals surface area contributed by atoms with E-state index in [0.29, 0.717) is 5.69 Å². The van der Waals surface area contributed by atoms with E-state index in [1.807, 2.05) is 0 Å². The molecular weight excluding hydrogens is 256 g/mol. The predicted molar refractivity (Wildman–Crippen MR) is 70.7 cm³/mol. The lowest BCUT2D eigenvalue weighted by Crippen LogP contribution is -2.20. The van der Waals surface area contributed by atoms with Gasteiger partial charge in [-0.25, -0.2) is 4.79 Å². The summed E-state index contributed by atoms with van der Waals surface area (Å²) in [7, 11) is 2.76. The van der Waals surface area contributed by atoms with Crippen LogP contribution < -0.4 is 15.8 Å². The summed E-state index contributed by atoms with van der Waals surface area (Å²) in [5.74, 6) is -0.244. The summed E-state index contributed by atoms with van der Waals surface area (Å²) < 4.78 is 14.8. The Kier molecular flexibility index (Phi) is 5.34. The molecule has 0 bridgehead atoms. The first kappa shape index (κ1) is 14.2. The van der Waals surface area contributed by atoms with Gasteiger partial charge in [-0.05, 0) is 24.4 Å².